The molecule has 1 fully saturated rings. The predicted octanol–water partition coefficient (Wildman–Crippen LogP) is 1.17. The van der Waals surface area contributed by atoms with Gasteiger partial charge in [0.2, 0.25) is 0 Å². The van der Waals surface area contributed by atoms with Gasteiger partial charge in [0.15, 0.2) is 0 Å². The normalized spacial score (nSPS) is 16.5. The number of likely N-dealkylation sites (N-methyl/N-ethyl adjacent to an activating group) is 1. The van der Waals surface area contributed by atoms with E-state index in [4.69, 9.17) is 4.74 Å². The van der Waals surface area contributed by atoms with E-state index in [1.165, 1.54) is 13.2 Å². The zero-order valence-electron chi connectivity index (χ0n) is 13.2. The average molecular weight is 310 g/mol. The molecule has 122 valence electrons. The number of methoxy groups -OCH3 is 1. The molecule has 1 saturated heterocycles. The fourth-order valence-corrected chi connectivity index (χ4v) is 2.35. The van der Waals surface area contributed by atoms with E-state index < -0.39 is 11.8 Å². The van der Waals surface area contributed by atoms with Crippen molar-refractivity contribution in [1.82, 2.24) is 9.80 Å². The smallest absolute Gasteiger partial charge is 0.310 e. The fraction of sp³-hybridized carbons (Fsp3) is 0.562. The second kappa shape index (κ2) is 8.10. The van der Waals surface area contributed by atoms with Crippen LogP contribution in [0.2, 0.25) is 0 Å². The molecule has 2 rings (SSSR count). The van der Waals surface area contributed by atoms with Crippen LogP contribution in [0.1, 0.15) is 5.56 Å². The molecule has 22 heavy (non-hydrogen) atoms. The van der Waals surface area contributed by atoms with Crippen LogP contribution in [0.4, 0.5) is 4.39 Å². The third-order valence-electron chi connectivity index (χ3n) is 3.86. The van der Waals surface area contributed by atoms with Crippen molar-refractivity contribution < 1.29 is 18.7 Å². The number of hydrogen-bond donors (Lipinski definition) is 0. The SMILES string of the molecule is COC(=O)Cc1ccc(OCCN2CCN(C)CC2)cc1F. The maximum absolute atomic E-state index is 13.9. The summed E-state index contributed by atoms with van der Waals surface area (Å²) in [5, 5.41) is 0. The summed E-state index contributed by atoms with van der Waals surface area (Å²) in [5.41, 5.74) is 0.318. The fourth-order valence-electron chi connectivity index (χ4n) is 2.35. The lowest BCUT2D eigenvalue weighted by Gasteiger charge is -2.32. The largest absolute Gasteiger partial charge is 0.492 e. The molecule has 1 aliphatic heterocycles. The number of rotatable bonds is 6. The van der Waals surface area contributed by atoms with Gasteiger partial charge in [0.25, 0.3) is 0 Å². The number of halogens is 1. The van der Waals surface area contributed by atoms with Gasteiger partial charge in [-0.15, -0.1) is 0 Å². The van der Waals surface area contributed by atoms with Gasteiger partial charge in [-0.2, -0.15) is 0 Å². The van der Waals surface area contributed by atoms with Crippen molar-refractivity contribution in [2.24, 2.45) is 0 Å². The van der Waals surface area contributed by atoms with E-state index in [0.29, 0.717) is 17.9 Å². The number of benzene rings is 1. The Kier molecular flexibility index (Phi) is 6.15. The Labute approximate surface area is 130 Å². The van der Waals surface area contributed by atoms with E-state index in [0.717, 1.165) is 32.7 Å². The lowest BCUT2D eigenvalue weighted by Crippen LogP contribution is -2.45. The van der Waals surface area contributed by atoms with Gasteiger partial charge in [-0.25, -0.2) is 4.39 Å². The van der Waals surface area contributed by atoms with Gasteiger partial charge < -0.3 is 14.4 Å². The number of hydrogen-bond acceptors (Lipinski definition) is 5. The molecule has 0 N–H and O–H groups in total. The molecule has 1 aromatic rings. The summed E-state index contributed by atoms with van der Waals surface area (Å²) in [7, 11) is 3.41. The van der Waals surface area contributed by atoms with E-state index in [1.807, 2.05) is 0 Å². The second-order valence-corrected chi connectivity index (χ2v) is 5.50. The van der Waals surface area contributed by atoms with Gasteiger partial charge in [0, 0.05) is 38.8 Å². The van der Waals surface area contributed by atoms with Crippen molar-refractivity contribution in [3.63, 3.8) is 0 Å². The van der Waals surface area contributed by atoms with Gasteiger partial charge in [-0.1, -0.05) is 6.07 Å². The van der Waals surface area contributed by atoms with Crippen molar-refractivity contribution in [3.05, 3.63) is 29.6 Å². The first kappa shape index (κ1) is 16.7. The Hall–Kier alpha value is -1.66. The molecule has 0 amide bonds. The molecule has 6 heteroatoms. The molecule has 0 aromatic heterocycles. The standard InChI is InChI=1S/C16H23FN2O3/c1-18-5-7-19(8-6-18)9-10-22-14-4-3-13(15(17)12-14)11-16(20)21-2/h3-4,12H,5-11H2,1-2H3. The number of esters is 1. The first-order valence-electron chi connectivity index (χ1n) is 7.47. The van der Waals surface area contributed by atoms with Crippen molar-refractivity contribution >= 4 is 5.97 Å². The molecule has 0 spiro atoms. The minimum atomic E-state index is -0.456. The summed E-state index contributed by atoms with van der Waals surface area (Å²) < 4.78 is 24.0. The molecular weight excluding hydrogens is 287 g/mol. The third-order valence-corrected chi connectivity index (χ3v) is 3.86. The van der Waals surface area contributed by atoms with Crippen LogP contribution >= 0.6 is 0 Å². The lowest BCUT2D eigenvalue weighted by atomic mass is 10.1. The average Bonchev–Trinajstić information content (AvgIpc) is 2.51. The quantitative estimate of drug-likeness (QED) is 0.738. The maximum atomic E-state index is 13.9. The van der Waals surface area contributed by atoms with Crippen molar-refractivity contribution in [3.8, 4) is 5.75 Å². The highest BCUT2D eigenvalue weighted by Crippen LogP contribution is 2.17. The molecular formula is C16H23FN2O3. The van der Waals surface area contributed by atoms with Crippen LogP contribution in [0.25, 0.3) is 0 Å². The first-order chi connectivity index (χ1) is 10.6. The Morgan fingerprint density at radius 2 is 2.00 bits per heavy atom. The molecule has 0 radical (unpaired) electrons. The van der Waals surface area contributed by atoms with Crippen LogP contribution in [-0.4, -0.2) is 69.3 Å². The zero-order valence-corrected chi connectivity index (χ0v) is 13.2. The van der Waals surface area contributed by atoms with Gasteiger partial charge >= 0.3 is 5.97 Å². The summed E-state index contributed by atoms with van der Waals surface area (Å²) in [6.07, 6.45) is -0.0656. The van der Waals surface area contributed by atoms with Gasteiger partial charge in [-0.3, -0.25) is 9.69 Å². The van der Waals surface area contributed by atoms with Crippen molar-refractivity contribution in [1.29, 1.82) is 0 Å². The van der Waals surface area contributed by atoms with Crippen LogP contribution in [0.15, 0.2) is 18.2 Å². The van der Waals surface area contributed by atoms with E-state index in [-0.39, 0.29) is 6.42 Å². The van der Waals surface area contributed by atoms with Crippen molar-refractivity contribution in [2.45, 2.75) is 6.42 Å². The topological polar surface area (TPSA) is 42.0 Å². The predicted molar refractivity (Wildman–Crippen MR) is 81.6 cm³/mol. The molecule has 0 aliphatic carbocycles. The third kappa shape index (κ3) is 4.96. The second-order valence-electron chi connectivity index (χ2n) is 5.50. The van der Waals surface area contributed by atoms with Crippen LogP contribution in [-0.2, 0) is 16.0 Å². The Morgan fingerprint density at radius 3 is 2.64 bits per heavy atom. The summed E-state index contributed by atoms with van der Waals surface area (Å²) in [6.45, 7) is 5.56. The molecule has 5 nitrogen and oxygen atoms in total. The van der Waals surface area contributed by atoms with Gasteiger partial charge in [0.1, 0.15) is 18.2 Å². The van der Waals surface area contributed by atoms with E-state index >= 15 is 0 Å². The van der Waals surface area contributed by atoms with Crippen LogP contribution in [0.3, 0.4) is 0 Å². The molecule has 0 saturated carbocycles. The van der Waals surface area contributed by atoms with E-state index in [1.54, 1.807) is 12.1 Å². The molecule has 0 bridgehead atoms. The van der Waals surface area contributed by atoms with Gasteiger partial charge in [-0.05, 0) is 18.7 Å². The summed E-state index contributed by atoms with van der Waals surface area (Å²) >= 11 is 0. The minimum absolute atomic E-state index is 0.0656. The van der Waals surface area contributed by atoms with E-state index in [2.05, 4.69) is 21.6 Å². The highest BCUT2D eigenvalue weighted by molar-refractivity contribution is 5.72. The Bertz CT molecular complexity index is 502. The van der Waals surface area contributed by atoms with E-state index in [9.17, 15) is 9.18 Å². The molecule has 0 atom stereocenters. The molecule has 0 unspecified atom stereocenters. The minimum Gasteiger partial charge on any atom is -0.492 e. The van der Waals surface area contributed by atoms with Gasteiger partial charge in [0.05, 0.1) is 13.5 Å². The molecule has 1 aromatic carbocycles. The summed E-state index contributed by atoms with van der Waals surface area (Å²) in [6, 6.07) is 4.57. The molecule has 1 aliphatic rings. The highest BCUT2D eigenvalue weighted by atomic mass is 19.1. The van der Waals surface area contributed by atoms with Crippen LogP contribution in [0.5, 0.6) is 5.75 Å². The summed E-state index contributed by atoms with van der Waals surface area (Å²) in [5.74, 6) is -0.412. The summed E-state index contributed by atoms with van der Waals surface area (Å²) in [4.78, 5) is 15.8. The number of piperazine rings is 1. The Balaban J connectivity index is 1.78. The zero-order chi connectivity index (χ0) is 15.9. The lowest BCUT2D eigenvalue weighted by molar-refractivity contribution is -0.139. The Morgan fingerprint density at radius 1 is 1.27 bits per heavy atom. The monoisotopic (exact) mass is 310 g/mol. The van der Waals surface area contributed by atoms with Crippen LogP contribution in [0, 0.1) is 5.82 Å². The maximum Gasteiger partial charge on any atom is 0.310 e. The van der Waals surface area contributed by atoms with Crippen molar-refractivity contribution in [2.75, 3.05) is 53.5 Å². The molecule has 1 heterocycles. The first-order valence-corrected chi connectivity index (χ1v) is 7.47. The number of carbonyl (C=O) groups is 1. The number of nitrogens with zero attached hydrogens (tertiary/aromatic N) is 2. The number of ether oxygens (including phenoxy) is 2. The highest BCUT2D eigenvalue weighted by Gasteiger charge is 2.13. The number of carbonyl (C=O) groups excluding carboxylic acids is 1. The van der Waals surface area contributed by atoms with Crippen LogP contribution < -0.4 is 4.74 Å².